The van der Waals surface area contributed by atoms with E-state index in [9.17, 15) is 13.6 Å². The highest BCUT2D eigenvalue weighted by atomic mass is 19.3. The van der Waals surface area contributed by atoms with Crippen molar-refractivity contribution >= 4 is 11.6 Å². The van der Waals surface area contributed by atoms with Crippen molar-refractivity contribution in [1.29, 1.82) is 0 Å². The third-order valence-corrected chi connectivity index (χ3v) is 4.45. The number of alkyl halides is 2. The number of nitrogens with one attached hydrogen (secondary N) is 1. The molecule has 0 saturated carbocycles. The summed E-state index contributed by atoms with van der Waals surface area (Å²) in [4.78, 5) is 16.8. The van der Waals surface area contributed by atoms with E-state index >= 15 is 0 Å². The number of ether oxygens (including phenoxy) is 1. The summed E-state index contributed by atoms with van der Waals surface area (Å²) < 4.78 is 29.4. The third-order valence-electron chi connectivity index (χ3n) is 4.45. The first kappa shape index (κ1) is 18.6. The first-order valence-corrected chi connectivity index (χ1v) is 8.13. The maximum Gasteiger partial charge on any atom is 0.387 e. The molecule has 1 aromatic carbocycles. The second-order valence-corrected chi connectivity index (χ2v) is 6.29. The molecule has 1 N–H and O–H groups in total. The predicted octanol–water partition coefficient (Wildman–Crippen LogP) is 2.64. The number of nitrogens with zero attached hydrogens (tertiary/aromatic N) is 2. The van der Waals surface area contributed by atoms with E-state index in [4.69, 9.17) is 0 Å². The molecular weight excluding hydrogens is 316 g/mol. The second-order valence-electron chi connectivity index (χ2n) is 6.29. The molecule has 1 saturated heterocycles. The van der Waals surface area contributed by atoms with Gasteiger partial charge in [0.1, 0.15) is 5.75 Å². The van der Waals surface area contributed by atoms with E-state index in [-0.39, 0.29) is 23.4 Å². The lowest BCUT2D eigenvalue weighted by atomic mass is 10.0. The molecule has 0 radical (unpaired) electrons. The fourth-order valence-corrected chi connectivity index (χ4v) is 2.93. The minimum absolute atomic E-state index is 0.0298. The van der Waals surface area contributed by atoms with Crippen molar-refractivity contribution in [2.24, 2.45) is 0 Å². The second kappa shape index (κ2) is 8.39. The zero-order chi connectivity index (χ0) is 17.7. The largest absolute Gasteiger partial charge is 0.433 e. The lowest BCUT2D eigenvalue weighted by Gasteiger charge is -2.38. The van der Waals surface area contributed by atoms with Crippen molar-refractivity contribution in [1.82, 2.24) is 9.80 Å². The predicted molar refractivity (Wildman–Crippen MR) is 89.4 cm³/mol. The number of halogens is 2. The van der Waals surface area contributed by atoms with E-state index in [1.807, 2.05) is 21.0 Å². The van der Waals surface area contributed by atoms with Crippen LogP contribution in [0.3, 0.4) is 0 Å². The normalized spacial score (nSPS) is 20.2. The Kier molecular flexibility index (Phi) is 6.51. The van der Waals surface area contributed by atoms with Gasteiger partial charge in [-0.2, -0.15) is 8.78 Å². The number of amides is 1. The van der Waals surface area contributed by atoms with Gasteiger partial charge in [0.05, 0.1) is 11.7 Å². The zero-order valence-electron chi connectivity index (χ0n) is 14.3. The number of carbonyl (C=O) groups excluding carboxylic acids is 1. The molecule has 0 bridgehead atoms. The van der Waals surface area contributed by atoms with Crippen LogP contribution in [-0.2, 0) is 4.79 Å². The van der Waals surface area contributed by atoms with E-state index in [1.54, 1.807) is 18.2 Å². The molecule has 0 aromatic heterocycles. The zero-order valence-corrected chi connectivity index (χ0v) is 14.3. The molecule has 5 nitrogen and oxygen atoms in total. The maximum absolute atomic E-state index is 12.5. The van der Waals surface area contributed by atoms with E-state index in [2.05, 4.69) is 19.9 Å². The molecular formula is C17H25F2N3O2. The van der Waals surface area contributed by atoms with Gasteiger partial charge < -0.3 is 15.0 Å². The van der Waals surface area contributed by atoms with Gasteiger partial charge in [0.25, 0.3) is 0 Å². The van der Waals surface area contributed by atoms with E-state index in [1.165, 1.54) is 6.07 Å². The quantitative estimate of drug-likeness (QED) is 0.864. The smallest absolute Gasteiger partial charge is 0.387 e. The number of anilines is 1. The van der Waals surface area contributed by atoms with Crippen LogP contribution in [0.5, 0.6) is 5.75 Å². The molecule has 1 heterocycles. The highest BCUT2D eigenvalue weighted by molar-refractivity contribution is 5.95. The minimum Gasteiger partial charge on any atom is -0.433 e. The Morgan fingerprint density at radius 1 is 1.38 bits per heavy atom. The maximum atomic E-state index is 12.5. The number of benzene rings is 1. The number of hydrogen-bond acceptors (Lipinski definition) is 4. The molecule has 0 unspecified atom stereocenters. The summed E-state index contributed by atoms with van der Waals surface area (Å²) in [5, 5.41) is 2.70. The Morgan fingerprint density at radius 3 is 2.75 bits per heavy atom. The monoisotopic (exact) mass is 341 g/mol. The number of hydrogen-bond donors (Lipinski definition) is 1. The average molecular weight is 341 g/mol. The van der Waals surface area contributed by atoms with Gasteiger partial charge in [0.2, 0.25) is 5.91 Å². The molecule has 1 fully saturated rings. The van der Waals surface area contributed by atoms with Gasteiger partial charge in [-0.05, 0) is 52.5 Å². The van der Waals surface area contributed by atoms with Gasteiger partial charge in [0, 0.05) is 12.6 Å². The van der Waals surface area contributed by atoms with Crippen LogP contribution < -0.4 is 10.1 Å². The standard InChI is InChI=1S/C17H25F2N3O2/c1-12(22-10-6-7-13(11-22)21(2)3)16(23)20-14-8-4-5-9-15(14)24-17(18)19/h4-5,8-9,12-13,17H,6-7,10-11H2,1-3H3,(H,20,23)/t12-,13-/m0/s1. The van der Waals surface area contributed by atoms with Crippen LogP contribution in [0.15, 0.2) is 24.3 Å². The van der Waals surface area contributed by atoms with Crippen LogP contribution in [0.25, 0.3) is 0 Å². The van der Waals surface area contributed by atoms with Crippen LogP contribution in [0, 0.1) is 0 Å². The Morgan fingerprint density at radius 2 is 2.08 bits per heavy atom. The Hall–Kier alpha value is -1.73. The van der Waals surface area contributed by atoms with E-state index in [0.717, 1.165) is 25.9 Å². The minimum atomic E-state index is -2.93. The van der Waals surface area contributed by atoms with E-state index in [0.29, 0.717) is 6.04 Å². The Bertz CT molecular complexity index is 554. The number of likely N-dealkylation sites (N-methyl/N-ethyl adjacent to an activating group) is 1. The van der Waals surface area contributed by atoms with Crippen LogP contribution >= 0.6 is 0 Å². The van der Waals surface area contributed by atoms with Crippen molar-refractivity contribution in [3.8, 4) is 5.75 Å². The van der Waals surface area contributed by atoms with Gasteiger partial charge in [0.15, 0.2) is 0 Å². The molecule has 1 amide bonds. The summed E-state index contributed by atoms with van der Waals surface area (Å²) in [6.07, 6.45) is 2.15. The summed E-state index contributed by atoms with van der Waals surface area (Å²) in [6, 6.07) is 6.30. The summed E-state index contributed by atoms with van der Waals surface area (Å²) in [5.74, 6) is -0.252. The topological polar surface area (TPSA) is 44.8 Å². The fourth-order valence-electron chi connectivity index (χ4n) is 2.93. The van der Waals surface area contributed by atoms with Gasteiger partial charge >= 0.3 is 6.61 Å². The number of carbonyl (C=O) groups is 1. The van der Waals surface area contributed by atoms with Crippen LogP contribution in [0.4, 0.5) is 14.5 Å². The molecule has 2 atom stereocenters. The van der Waals surface area contributed by atoms with E-state index < -0.39 is 6.61 Å². The molecule has 0 spiro atoms. The number of rotatable bonds is 6. The number of piperidine rings is 1. The highest BCUT2D eigenvalue weighted by Crippen LogP contribution is 2.26. The van der Waals surface area contributed by atoms with Gasteiger partial charge in [-0.25, -0.2) is 0 Å². The van der Waals surface area contributed by atoms with Crippen molar-refractivity contribution < 1.29 is 18.3 Å². The molecule has 134 valence electrons. The molecule has 1 aliphatic rings. The number of para-hydroxylation sites is 2. The van der Waals surface area contributed by atoms with Crippen LogP contribution in [0.2, 0.25) is 0 Å². The SMILES string of the molecule is C[C@@H](C(=O)Nc1ccccc1OC(F)F)N1CCC[C@H](N(C)C)C1. The molecule has 2 rings (SSSR count). The highest BCUT2D eigenvalue weighted by Gasteiger charge is 2.28. The van der Waals surface area contributed by atoms with Crippen molar-refractivity contribution in [2.45, 2.75) is 38.5 Å². The van der Waals surface area contributed by atoms with Crippen molar-refractivity contribution in [3.05, 3.63) is 24.3 Å². The summed E-state index contributed by atoms with van der Waals surface area (Å²) in [6.45, 7) is 0.581. The van der Waals surface area contributed by atoms with Crippen molar-refractivity contribution in [2.75, 3.05) is 32.5 Å². The average Bonchev–Trinajstić information content (AvgIpc) is 2.55. The Balaban J connectivity index is 2.01. The summed E-state index contributed by atoms with van der Waals surface area (Å²) >= 11 is 0. The number of likely N-dealkylation sites (tertiary alicyclic amines) is 1. The van der Waals surface area contributed by atoms with Crippen LogP contribution in [0.1, 0.15) is 19.8 Å². The fraction of sp³-hybridized carbons (Fsp3) is 0.588. The van der Waals surface area contributed by atoms with Gasteiger partial charge in [-0.15, -0.1) is 0 Å². The summed E-state index contributed by atoms with van der Waals surface area (Å²) in [5.41, 5.74) is 0.260. The summed E-state index contributed by atoms with van der Waals surface area (Å²) in [7, 11) is 4.08. The van der Waals surface area contributed by atoms with Gasteiger partial charge in [-0.3, -0.25) is 9.69 Å². The van der Waals surface area contributed by atoms with Gasteiger partial charge in [-0.1, -0.05) is 12.1 Å². The van der Waals surface area contributed by atoms with Crippen molar-refractivity contribution in [3.63, 3.8) is 0 Å². The van der Waals surface area contributed by atoms with Crippen LogP contribution in [-0.4, -0.2) is 61.6 Å². The molecule has 7 heteroatoms. The molecule has 0 aliphatic carbocycles. The molecule has 1 aromatic rings. The third kappa shape index (κ3) is 4.88. The molecule has 1 aliphatic heterocycles. The first-order chi connectivity index (χ1) is 11.4. The lowest BCUT2D eigenvalue weighted by molar-refractivity contribution is -0.121. The lowest BCUT2D eigenvalue weighted by Crippen LogP contribution is -2.51. The first-order valence-electron chi connectivity index (χ1n) is 8.13. The molecule has 24 heavy (non-hydrogen) atoms. The Labute approximate surface area is 141 Å².